The summed E-state index contributed by atoms with van der Waals surface area (Å²) in [6, 6.07) is 7.89. The number of rotatable bonds is 2. The van der Waals surface area contributed by atoms with E-state index in [1.54, 1.807) is 6.08 Å². The van der Waals surface area contributed by atoms with Crippen LogP contribution in [0.5, 0.6) is 0 Å². The van der Waals surface area contributed by atoms with Crippen LogP contribution in [0.1, 0.15) is 69.1 Å². The topological polar surface area (TPSA) is 13.6 Å². The molecule has 1 saturated carbocycles. The maximum atomic E-state index is 13.7. The van der Waals surface area contributed by atoms with Crippen molar-refractivity contribution < 1.29 is 13.5 Å². The van der Waals surface area contributed by atoms with Crippen molar-refractivity contribution in [3.05, 3.63) is 58.5 Å². The summed E-state index contributed by atoms with van der Waals surface area (Å²) in [5, 5.41) is 0. The van der Waals surface area contributed by atoms with Crippen molar-refractivity contribution in [2.45, 2.75) is 69.6 Å². The van der Waals surface area contributed by atoms with E-state index in [2.05, 4.69) is 4.85 Å². The van der Waals surface area contributed by atoms with Crippen molar-refractivity contribution in [1.29, 1.82) is 0 Å². The second-order valence-electron chi connectivity index (χ2n) is 7.30. The van der Waals surface area contributed by atoms with Gasteiger partial charge in [-0.15, -0.1) is 0 Å². The second-order valence-corrected chi connectivity index (χ2v) is 7.30. The van der Waals surface area contributed by atoms with Gasteiger partial charge in [-0.05, 0) is 43.2 Å². The molecule has 1 aromatic carbocycles. The number of nitrogens with zero attached hydrogens (tertiary/aromatic N) is 1. The number of hydrogen-bond donors (Lipinski definition) is 0. The minimum Gasteiger partial charge on any atom is -0.311 e. The molecule has 1 aromatic rings. The summed E-state index contributed by atoms with van der Waals surface area (Å²) in [4.78, 5) is 3.76. The molecule has 24 heavy (non-hydrogen) atoms. The molecule has 0 spiro atoms. The van der Waals surface area contributed by atoms with E-state index in [1.807, 2.05) is 31.2 Å². The van der Waals surface area contributed by atoms with Gasteiger partial charge in [-0.25, -0.2) is 6.57 Å². The molecule has 1 atom stereocenters. The zero-order valence-corrected chi connectivity index (χ0v) is 14.2. The highest BCUT2D eigenvalue weighted by Gasteiger charge is 2.39. The van der Waals surface area contributed by atoms with E-state index in [4.69, 9.17) is 11.3 Å². The summed E-state index contributed by atoms with van der Waals surface area (Å²) < 4.78 is 32.4. The molecule has 0 amide bonds. The summed E-state index contributed by atoms with van der Waals surface area (Å²) in [6.45, 7) is 10.7. The van der Waals surface area contributed by atoms with Crippen LogP contribution < -0.4 is 0 Å². The van der Waals surface area contributed by atoms with Gasteiger partial charge in [0.2, 0.25) is 5.54 Å². The molecule has 1 aliphatic carbocycles. The molecule has 2 aliphatic rings. The molecule has 2 nitrogen and oxygen atoms in total. The second kappa shape index (κ2) is 6.29. The fourth-order valence-corrected chi connectivity index (χ4v) is 3.59. The number of hydrogen-bond acceptors (Lipinski definition) is 1. The minimum atomic E-state index is -3.17. The van der Waals surface area contributed by atoms with Gasteiger partial charge < -0.3 is 9.58 Å². The van der Waals surface area contributed by atoms with Gasteiger partial charge in [0.25, 0.3) is 0 Å². The number of alkyl halides is 2. The molecule has 4 heteroatoms. The van der Waals surface area contributed by atoms with Gasteiger partial charge in [-0.2, -0.15) is 8.78 Å². The fraction of sp³-hybridized carbons (Fsp3) is 0.550. The van der Waals surface area contributed by atoms with Crippen LogP contribution in [0, 0.1) is 6.57 Å². The van der Waals surface area contributed by atoms with Crippen molar-refractivity contribution in [3.8, 4) is 0 Å². The third kappa shape index (κ3) is 3.37. The summed E-state index contributed by atoms with van der Waals surface area (Å²) in [6.07, 6.45) is 2.15. The van der Waals surface area contributed by atoms with E-state index in [1.165, 1.54) is 12.5 Å². The number of benzene rings is 1. The summed E-state index contributed by atoms with van der Waals surface area (Å²) in [7, 11) is 0. The summed E-state index contributed by atoms with van der Waals surface area (Å²) in [5.41, 5.74) is 1.81. The van der Waals surface area contributed by atoms with Crippen molar-refractivity contribution in [1.82, 2.24) is 0 Å². The van der Waals surface area contributed by atoms with E-state index in [9.17, 15) is 8.78 Å². The third-order valence-electron chi connectivity index (χ3n) is 5.50. The van der Waals surface area contributed by atoms with Crippen molar-refractivity contribution in [2.75, 3.05) is 0 Å². The van der Waals surface area contributed by atoms with Crippen molar-refractivity contribution >= 4 is 0 Å². The lowest BCUT2D eigenvalue weighted by molar-refractivity contribution is -0.243. The Bertz CT molecular complexity index is 664. The van der Waals surface area contributed by atoms with E-state index in [-0.39, 0.29) is 11.1 Å². The first-order valence-corrected chi connectivity index (χ1v) is 8.54. The zero-order chi connectivity index (χ0) is 17.4. The lowest BCUT2D eigenvalue weighted by Gasteiger charge is -2.30. The zero-order valence-electron chi connectivity index (χ0n) is 14.2. The first kappa shape index (κ1) is 17.1. The van der Waals surface area contributed by atoms with Crippen LogP contribution in [0.15, 0.2) is 35.9 Å². The van der Waals surface area contributed by atoms with E-state index >= 15 is 0 Å². The Balaban J connectivity index is 1.68. The predicted octanol–water partition coefficient (Wildman–Crippen LogP) is 6.02. The maximum Gasteiger partial charge on any atom is 0.379 e. The highest BCUT2D eigenvalue weighted by atomic mass is 19.3. The quantitative estimate of drug-likeness (QED) is 0.477. The molecule has 1 heterocycles. The minimum absolute atomic E-state index is 0.0135. The summed E-state index contributed by atoms with van der Waals surface area (Å²) in [5.74, 6) is 0.463. The molecule has 0 bridgehead atoms. The number of ether oxygens (including phenoxy) is 1. The van der Waals surface area contributed by atoms with Gasteiger partial charge in [-0.3, -0.25) is 0 Å². The number of halogens is 2. The maximum absolute atomic E-state index is 13.7. The monoisotopic (exact) mass is 331 g/mol. The molecular formula is C20H23F2NO. The lowest BCUT2D eigenvalue weighted by Crippen LogP contribution is -2.28. The van der Waals surface area contributed by atoms with Crippen LogP contribution in [0.4, 0.5) is 8.78 Å². The lowest BCUT2D eigenvalue weighted by atomic mass is 9.75. The molecule has 1 fully saturated rings. The van der Waals surface area contributed by atoms with Crippen LogP contribution >= 0.6 is 0 Å². The van der Waals surface area contributed by atoms with Gasteiger partial charge >= 0.3 is 6.11 Å². The summed E-state index contributed by atoms with van der Waals surface area (Å²) >= 11 is 0. The van der Waals surface area contributed by atoms with Crippen molar-refractivity contribution in [2.24, 2.45) is 0 Å². The first-order chi connectivity index (χ1) is 11.3. The van der Waals surface area contributed by atoms with Crippen LogP contribution in [-0.2, 0) is 4.74 Å². The molecule has 0 aromatic heterocycles. The van der Waals surface area contributed by atoms with Gasteiger partial charge in [0, 0.05) is 25.3 Å². The molecule has 0 saturated heterocycles. The largest absolute Gasteiger partial charge is 0.379 e. The highest BCUT2D eigenvalue weighted by Crippen LogP contribution is 2.42. The Kier molecular flexibility index (Phi) is 4.48. The normalized spacial score (nSPS) is 32.7. The smallest absolute Gasteiger partial charge is 0.311 e. The third-order valence-corrected chi connectivity index (χ3v) is 5.50. The molecule has 0 N–H and O–H groups in total. The van der Waals surface area contributed by atoms with Gasteiger partial charge in [-0.1, -0.05) is 30.3 Å². The standard InChI is InChI=1S/C20H23F2NO/c1-14-4-9-18(24-20(14,21)22)17-7-5-15(6-8-17)16-10-12-19(2,23-3)13-11-16/h4-8,16,18H,9-13H2,1-2H3. The van der Waals surface area contributed by atoms with Crippen LogP contribution in [-0.4, -0.2) is 11.6 Å². The highest BCUT2D eigenvalue weighted by molar-refractivity contribution is 5.29. The Morgan fingerprint density at radius 1 is 1.12 bits per heavy atom. The Hall–Kier alpha value is -1.73. The average Bonchev–Trinajstić information content (AvgIpc) is 2.58. The molecule has 128 valence electrons. The molecular weight excluding hydrogens is 308 g/mol. The van der Waals surface area contributed by atoms with Crippen LogP contribution in [0.25, 0.3) is 4.85 Å². The van der Waals surface area contributed by atoms with E-state index < -0.39 is 12.2 Å². The van der Waals surface area contributed by atoms with E-state index in [0.717, 1.165) is 31.2 Å². The Morgan fingerprint density at radius 2 is 1.71 bits per heavy atom. The molecule has 0 radical (unpaired) electrons. The van der Waals surface area contributed by atoms with Gasteiger partial charge in [0.1, 0.15) is 0 Å². The SMILES string of the molecule is [C-]#[N+]C1(C)CCC(c2ccc(C3CC=C(C)C(F)(F)O3)cc2)CC1. The molecule has 1 unspecified atom stereocenters. The Morgan fingerprint density at radius 3 is 2.25 bits per heavy atom. The van der Waals surface area contributed by atoms with Gasteiger partial charge in [0.15, 0.2) is 0 Å². The molecule has 3 rings (SSSR count). The average molecular weight is 331 g/mol. The Labute approximate surface area is 142 Å². The van der Waals surface area contributed by atoms with E-state index in [0.29, 0.717) is 12.3 Å². The first-order valence-electron chi connectivity index (χ1n) is 8.54. The fourth-order valence-electron chi connectivity index (χ4n) is 3.59. The predicted molar refractivity (Wildman–Crippen MR) is 89.8 cm³/mol. The van der Waals surface area contributed by atoms with Crippen LogP contribution in [0.3, 0.4) is 0 Å². The van der Waals surface area contributed by atoms with Crippen molar-refractivity contribution in [3.63, 3.8) is 0 Å². The molecule has 1 aliphatic heterocycles. The van der Waals surface area contributed by atoms with Crippen LogP contribution in [0.2, 0.25) is 0 Å². The van der Waals surface area contributed by atoms with Gasteiger partial charge in [0.05, 0.1) is 6.10 Å².